The summed E-state index contributed by atoms with van der Waals surface area (Å²) in [6.45, 7) is -0.422. The molecule has 1 atom stereocenters. The summed E-state index contributed by atoms with van der Waals surface area (Å²) in [5.74, 6) is 0. The molecule has 19 heavy (non-hydrogen) atoms. The van der Waals surface area contributed by atoms with Crippen LogP contribution < -0.4 is 10.6 Å². The fraction of sp³-hybridized carbons (Fsp3) is 0.250. The highest BCUT2D eigenvalue weighted by Gasteiger charge is 2.12. The maximum absolute atomic E-state index is 11.6. The van der Waals surface area contributed by atoms with Crippen molar-refractivity contribution in [2.45, 2.75) is 6.10 Å². The summed E-state index contributed by atoms with van der Waals surface area (Å²) < 4.78 is 0.984. The Morgan fingerprint density at radius 2 is 2.16 bits per heavy atom. The number of aliphatic hydroxyl groups is 2. The summed E-state index contributed by atoms with van der Waals surface area (Å²) in [7, 11) is 0. The van der Waals surface area contributed by atoms with Crippen molar-refractivity contribution in [1.29, 1.82) is 0 Å². The van der Waals surface area contributed by atoms with Crippen LogP contribution in [0.1, 0.15) is 0 Å². The van der Waals surface area contributed by atoms with Crippen LogP contribution in [0.2, 0.25) is 5.02 Å². The van der Waals surface area contributed by atoms with E-state index in [1.165, 1.54) is 11.3 Å². The van der Waals surface area contributed by atoms with Gasteiger partial charge in [-0.05, 0) is 6.07 Å². The molecule has 5 nitrogen and oxygen atoms in total. The molecule has 102 valence electrons. The Kier molecular flexibility index (Phi) is 4.60. The van der Waals surface area contributed by atoms with E-state index in [9.17, 15) is 4.79 Å². The number of nitrogens with one attached hydrogen (secondary N) is 2. The predicted octanol–water partition coefficient (Wildman–Crippen LogP) is 2.03. The van der Waals surface area contributed by atoms with Gasteiger partial charge in [-0.1, -0.05) is 29.8 Å². The number of rotatable bonds is 4. The van der Waals surface area contributed by atoms with Gasteiger partial charge in [0.2, 0.25) is 0 Å². The third kappa shape index (κ3) is 3.36. The Labute approximate surface area is 118 Å². The Bertz CT molecular complexity index is 587. The zero-order valence-corrected chi connectivity index (χ0v) is 11.5. The number of carbonyl (C=O) groups is 1. The van der Waals surface area contributed by atoms with Gasteiger partial charge in [-0.3, -0.25) is 5.32 Å². The number of hydrogen-bond donors (Lipinski definition) is 4. The van der Waals surface area contributed by atoms with E-state index in [0.29, 0.717) is 10.0 Å². The third-order valence-corrected chi connectivity index (χ3v) is 4.06. The van der Waals surface area contributed by atoms with Gasteiger partial charge in [0.1, 0.15) is 5.00 Å². The van der Waals surface area contributed by atoms with Crippen molar-refractivity contribution in [3.63, 3.8) is 0 Å². The average molecular weight is 301 g/mol. The molecule has 0 radical (unpaired) electrons. The largest absolute Gasteiger partial charge is 0.394 e. The molecule has 4 N–H and O–H groups in total. The number of aliphatic hydroxyl groups excluding tert-OH is 2. The number of amides is 2. The van der Waals surface area contributed by atoms with Gasteiger partial charge in [0.25, 0.3) is 0 Å². The predicted molar refractivity (Wildman–Crippen MR) is 76.9 cm³/mol. The first-order chi connectivity index (χ1) is 9.11. The summed E-state index contributed by atoms with van der Waals surface area (Å²) in [5.41, 5.74) is 0. The molecule has 0 aliphatic carbocycles. The zero-order valence-electron chi connectivity index (χ0n) is 9.89. The molecule has 0 fully saturated rings. The molecule has 2 aromatic rings. The van der Waals surface area contributed by atoms with Gasteiger partial charge in [-0.15, -0.1) is 11.3 Å². The molecule has 2 rings (SSSR count). The van der Waals surface area contributed by atoms with Gasteiger partial charge in [0.15, 0.2) is 0 Å². The van der Waals surface area contributed by atoms with E-state index in [2.05, 4.69) is 10.6 Å². The quantitative estimate of drug-likeness (QED) is 0.697. The summed E-state index contributed by atoms with van der Waals surface area (Å²) in [5, 5.41) is 24.8. The van der Waals surface area contributed by atoms with Crippen LogP contribution in [-0.2, 0) is 0 Å². The van der Waals surface area contributed by atoms with Crippen molar-refractivity contribution in [2.75, 3.05) is 18.5 Å². The lowest BCUT2D eigenvalue weighted by atomic mass is 10.3. The van der Waals surface area contributed by atoms with Crippen LogP contribution in [0.3, 0.4) is 0 Å². The van der Waals surface area contributed by atoms with Crippen LogP contribution in [0, 0.1) is 0 Å². The Morgan fingerprint density at radius 1 is 1.42 bits per heavy atom. The topological polar surface area (TPSA) is 81.6 Å². The molecular formula is C12H13ClN2O3S. The van der Waals surface area contributed by atoms with Gasteiger partial charge in [-0.2, -0.15) is 0 Å². The second-order valence-corrected chi connectivity index (χ2v) is 5.34. The molecule has 1 aromatic heterocycles. The van der Waals surface area contributed by atoms with E-state index >= 15 is 0 Å². The first-order valence-electron chi connectivity index (χ1n) is 5.62. The summed E-state index contributed by atoms with van der Waals surface area (Å²) in [4.78, 5) is 11.6. The fourth-order valence-corrected chi connectivity index (χ4v) is 2.89. The molecule has 1 unspecified atom stereocenters. The second-order valence-electron chi connectivity index (χ2n) is 3.91. The maximum atomic E-state index is 11.6. The van der Waals surface area contributed by atoms with E-state index in [1.54, 1.807) is 0 Å². The summed E-state index contributed by atoms with van der Waals surface area (Å²) >= 11 is 7.55. The smallest absolute Gasteiger partial charge is 0.319 e. The second kappa shape index (κ2) is 6.21. The van der Waals surface area contributed by atoms with Gasteiger partial charge >= 0.3 is 6.03 Å². The van der Waals surface area contributed by atoms with Crippen LogP contribution >= 0.6 is 22.9 Å². The van der Waals surface area contributed by atoms with Crippen molar-refractivity contribution in [2.24, 2.45) is 0 Å². The number of urea groups is 1. The minimum absolute atomic E-state index is 0.0230. The van der Waals surface area contributed by atoms with E-state index < -0.39 is 18.7 Å². The highest BCUT2D eigenvalue weighted by Crippen LogP contribution is 2.39. The monoisotopic (exact) mass is 300 g/mol. The lowest BCUT2D eigenvalue weighted by Crippen LogP contribution is -2.36. The molecule has 1 heterocycles. The number of carbonyl (C=O) groups excluding carboxylic acids is 1. The Morgan fingerprint density at radius 3 is 2.84 bits per heavy atom. The summed E-state index contributed by atoms with van der Waals surface area (Å²) in [6, 6.07) is 7.11. The van der Waals surface area contributed by atoms with Crippen molar-refractivity contribution >= 4 is 44.1 Å². The number of thiophene rings is 1. The summed E-state index contributed by atoms with van der Waals surface area (Å²) in [6.07, 6.45) is -0.969. The number of fused-ring (bicyclic) bond motifs is 1. The lowest BCUT2D eigenvalue weighted by Gasteiger charge is -2.09. The van der Waals surface area contributed by atoms with Crippen LogP contribution in [-0.4, -0.2) is 35.5 Å². The minimum atomic E-state index is -0.969. The lowest BCUT2D eigenvalue weighted by molar-refractivity contribution is 0.0965. The first-order valence-corrected chi connectivity index (χ1v) is 6.82. The molecule has 0 saturated carbocycles. The van der Waals surface area contributed by atoms with Gasteiger partial charge in [-0.25, -0.2) is 4.79 Å². The number of hydrogen-bond acceptors (Lipinski definition) is 4. The molecule has 7 heteroatoms. The van der Waals surface area contributed by atoms with E-state index in [4.69, 9.17) is 21.8 Å². The van der Waals surface area contributed by atoms with E-state index in [0.717, 1.165) is 10.1 Å². The Hall–Kier alpha value is -1.34. The Balaban J connectivity index is 2.05. The number of benzene rings is 1. The molecule has 0 aliphatic rings. The van der Waals surface area contributed by atoms with Crippen LogP contribution in [0.5, 0.6) is 0 Å². The molecule has 0 saturated heterocycles. The highest BCUT2D eigenvalue weighted by atomic mass is 35.5. The van der Waals surface area contributed by atoms with Gasteiger partial charge < -0.3 is 15.5 Å². The van der Waals surface area contributed by atoms with Crippen molar-refractivity contribution in [1.82, 2.24) is 5.32 Å². The van der Waals surface area contributed by atoms with E-state index in [-0.39, 0.29) is 6.54 Å². The molecular weight excluding hydrogens is 288 g/mol. The van der Waals surface area contributed by atoms with E-state index in [1.807, 2.05) is 24.3 Å². The molecule has 0 aliphatic heterocycles. The van der Waals surface area contributed by atoms with Crippen molar-refractivity contribution in [3.05, 3.63) is 29.3 Å². The SMILES string of the molecule is O=C(NCC(O)CO)Nc1sc2ccccc2c1Cl. The van der Waals surface area contributed by atoms with Crippen LogP contribution in [0.25, 0.3) is 10.1 Å². The minimum Gasteiger partial charge on any atom is -0.394 e. The van der Waals surface area contributed by atoms with Crippen LogP contribution in [0.15, 0.2) is 24.3 Å². The van der Waals surface area contributed by atoms with Crippen LogP contribution in [0.4, 0.5) is 9.80 Å². The third-order valence-electron chi connectivity index (χ3n) is 2.47. The zero-order chi connectivity index (χ0) is 13.8. The van der Waals surface area contributed by atoms with Gasteiger partial charge in [0, 0.05) is 16.6 Å². The molecule has 0 bridgehead atoms. The maximum Gasteiger partial charge on any atom is 0.319 e. The standard InChI is InChI=1S/C12H13ClN2O3S/c13-10-8-3-1-2-4-9(8)19-11(10)15-12(18)14-5-7(17)6-16/h1-4,7,16-17H,5-6H2,(H2,14,15,18). The first kappa shape index (κ1) is 14.1. The molecule has 1 aromatic carbocycles. The van der Waals surface area contributed by atoms with Crippen molar-refractivity contribution < 1.29 is 15.0 Å². The normalized spacial score (nSPS) is 12.4. The van der Waals surface area contributed by atoms with Gasteiger partial charge in [0.05, 0.1) is 17.7 Å². The number of anilines is 1. The fourth-order valence-electron chi connectivity index (χ4n) is 1.52. The molecule has 0 spiro atoms. The average Bonchev–Trinajstić information content (AvgIpc) is 2.73. The highest BCUT2D eigenvalue weighted by molar-refractivity contribution is 7.23. The number of halogens is 1. The molecule has 2 amide bonds. The van der Waals surface area contributed by atoms with Crippen molar-refractivity contribution in [3.8, 4) is 0 Å².